The highest BCUT2D eigenvalue weighted by Crippen LogP contribution is 2.45. The molecule has 3 aromatic carbocycles. The molecule has 0 unspecified atom stereocenters. The number of phenols is 1. The number of phenolic OH excluding ortho intramolecular Hbond substituents is 1. The number of hydrogen-bond acceptors (Lipinski definition) is 7. The predicted molar refractivity (Wildman–Crippen MR) is 171 cm³/mol. The van der Waals surface area contributed by atoms with Crippen molar-refractivity contribution < 1.29 is 23.0 Å². The molecule has 8 rings (SSSR count). The zero-order valence-corrected chi connectivity index (χ0v) is 25.5. The molecule has 1 N–H and O–H groups in total. The van der Waals surface area contributed by atoms with E-state index in [0.717, 1.165) is 51.7 Å². The minimum absolute atomic E-state index is 0.0147. The summed E-state index contributed by atoms with van der Waals surface area (Å²) in [7, 11) is 1.74. The molecule has 0 radical (unpaired) electrons. The van der Waals surface area contributed by atoms with Crippen LogP contribution in [0.5, 0.6) is 11.8 Å². The Bertz CT molecular complexity index is 2090. The first kappa shape index (κ1) is 28.9. The van der Waals surface area contributed by atoms with Crippen LogP contribution in [0.15, 0.2) is 30.5 Å². The van der Waals surface area contributed by atoms with Crippen molar-refractivity contribution in [3.8, 4) is 35.2 Å². The van der Waals surface area contributed by atoms with Crippen LogP contribution in [0.3, 0.4) is 0 Å². The number of aromatic hydroxyl groups is 1. The molecule has 3 fully saturated rings. The van der Waals surface area contributed by atoms with Crippen LogP contribution in [0.2, 0.25) is 0 Å². The lowest BCUT2D eigenvalue weighted by Gasteiger charge is -2.31. The molecule has 2 aromatic heterocycles. The van der Waals surface area contributed by atoms with E-state index in [0.29, 0.717) is 40.5 Å². The molecule has 0 aliphatic carbocycles. The monoisotopic (exact) mass is 626 g/mol. The van der Waals surface area contributed by atoms with E-state index in [1.165, 1.54) is 24.3 Å². The standard InChI is InChI=1S/C35H33F3N6O2/c1-3-23-26(37)9-8-20-14-22(45)15-24(27(20)23)28-30(38)32-29(25-18-42(2)41-31(25)28)33(43-11-5-4-6-12-43)40-34(39-32)46-19-35-10-7-13-44(35)17-21(36)16-35/h1,8-9,14-15,18,21,45H,4-7,10-13,16-17,19H2,2H3/t21-,35+/m1/s1. The van der Waals surface area contributed by atoms with Crippen LogP contribution in [-0.4, -0.2) is 74.3 Å². The largest absolute Gasteiger partial charge is 0.508 e. The molecule has 5 heterocycles. The van der Waals surface area contributed by atoms with Crippen LogP contribution in [-0.2, 0) is 7.05 Å². The van der Waals surface area contributed by atoms with Gasteiger partial charge < -0.3 is 14.7 Å². The summed E-state index contributed by atoms with van der Waals surface area (Å²) in [6.07, 6.45) is 11.8. The van der Waals surface area contributed by atoms with Gasteiger partial charge in [0.15, 0.2) is 5.82 Å². The Hall–Kier alpha value is -4.56. The molecule has 8 nitrogen and oxygen atoms in total. The summed E-state index contributed by atoms with van der Waals surface area (Å²) < 4.78 is 54.7. The van der Waals surface area contributed by atoms with Gasteiger partial charge in [-0.25, -0.2) is 13.2 Å². The Morgan fingerprint density at radius 2 is 1.89 bits per heavy atom. The molecule has 236 valence electrons. The van der Waals surface area contributed by atoms with Gasteiger partial charge in [-0.1, -0.05) is 12.0 Å². The van der Waals surface area contributed by atoms with Crippen molar-refractivity contribution in [3.05, 3.63) is 47.7 Å². The molecular weight excluding hydrogens is 593 g/mol. The van der Waals surface area contributed by atoms with Crippen molar-refractivity contribution in [2.75, 3.05) is 37.7 Å². The maximum atomic E-state index is 17.3. The summed E-state index contributed by atoms with van der Waals surface area (Å²) >= 11 is 0. The van der Waals surface area contributed by atoms with Gasteiger partial charge in [-0.05, 0) is 67.8 Å². The van der Waals surface area contributed by atoms with Gasteiger partial charge in [-0.3, -0.25) is 9.58 Å². The number of rotatable bonds is 5. The number of halogens is 3. The second-order valence-corrected chi connectivity index (χ2v) is 12.9. The number of ether oxygens (including phenoxy) is 1. The van der Waals surface area contributed by atoms with Gasteiger partial charge in [-0.15, -0.1) is 6.42 Å². The first-order valence-corrected chi connectivity index (χ1v) is 15.8. The summed E-state index contributed by atoms with van der Waals surface area (Å²) in [6, 6.07) is 5.60. The number of piperidine rings is 1. The van der Waals surface area contributed by atoms with Crippen molar-refractivity contribution in [2.45, 2.75) is 50.2 Å². The molecule has 11 heteroatoms. The molecule has 0 amide bonds. The molecular formula is C35H33F3N6O2. The molecule has 0 saturated carbocycles. The first-order chi connectivity index (χ1) is 22.3. The lowest BCUT2D eigenvalue weighted by atomic mass is 9.91. The third-order valence-electron chi connectivity index (χ3n) is 9.98. The van der Waals surface area contributed by atoms with Crippen molar-refractivity contribution >= 4 is 38.4 Å². The summed E-state index contributed by atoms with van der Waals surface area (Å²) in [5.74, 6) is 1.49. The number of fused-ring (bicyclic) bond motifs is 5. The van der Waals surface area contributed by atoms with Gasteiger partial charge in [0.1, 0.15) is 41.2 Å². The minimum atomic E-state index is -0.918. The smallest absolute Gasteiger partial charge is 0.319 e. The average Bonchev–Trinajstić information content (AvgIpc) is 3.71. The van der Waals surface area contributed by atoms with E-state index < -0.39 is 23.3 Å². The van der Waals surface area contributed by atoms with Crippen LogP contribution in [0.25, 0.3) is 43.7 Å². The zero-order valence-electron chi connectivity index (χ0n) is 25.5. The maximum Gasteiger partial charge on any atom is 0.319 e. The second kappa shape index (κ2) is 10.8. The van der Waals surface area contributed by atoms with Crippen LogP contribution in [0.1, 0.15) is 44.1 Å². The number of nitrogens with zero attached hydrogens (tertiary/aromatic N) is 6. The van der Waals surface area contributed by atoms with E-state index in [-0.39, 0.29) is 46.0 Å². The highest BCUT2D eigenvalue weighted by Gasteiger charge is 2.49. The fourth-order valence-corrected chi connectivity index (χ4v) is 7.97. The molecule has 46 heavy (non-hydrogen) atoms. The van der Waals surface area contributed by atoms with Gasteiger partial charge >= 0.3 is 6.01 Å². The Balaban J connectivity index is 1.39. The first-order valence-electron chi connectivity index (χ1n) is 15.8. The number of benzene rings is 3. The number of anilines is 1. The fraction of sp³-hybridized carbons (Fsp3) is 0.400. The predicted octanol–water partition coefficient (Wildman–Crippen LogP) is 6.25. The van der Waals surface area contributed by atoms with Crippen molar-refractivity contribution in [1.82, 2.24) is 24.6 Å². The Morgan fingerprint density at radius 3 is 2.70 bits per heavy atom. The number of aromatic nitrogens is 4. The number of terminal acetylenes is 1. The van der Waals surface area contributed by atoms with E-state index in [4.69, 9.17) is 16.1 Å². The van der Waals surface area contributed by atoms with Gasteiger partial charge in [0.2, 0.25) is 0 Å². The fourth-order valence-electron chi connectivity index (χ4n) is 7.97. The van der Waals surface area contributed by atoms with Gasteiger partial charge in [-0.2, -0.15) is 15.1 Å². The molecule has 3 aliphatic heterocycles. The zero-order chi connectivity index (χ0) is 31.7. The highest BCUT2D eigenvalue weighted by atomic mass is 19.1. The van der Waals surface area contributed by atoms with Gasteiger partial charge in [0.25, 0.3) is 0 Å². The summed E-state index contributed by atoms with van der Waals surface area (Å²) in [6.45, 7) is 2.87. The summed E-state index contributed by atoms with van der Waals surface area (Å²) in [5.41, 5.74) is 0.0915. The van der Waals surface area contributed by atoms with E-state index in [9.17, 15) is 9.50 Å². The summed E-state index contributed by atoms with van der Waals surface area (Å²) in [5, 5.41) is 17.2. The van der Waals surface area contributed by atoms with E-state index in [2.05, 4.69) is 25.8 Å². The molecule has 0 bridgehead atoms. The quantitative estimate of drug-likeness (QED) is 0.231. The van der Waals surface area contributed by atoms with Gasteiger partial charge in [0.05, 0.1) is 16.5 Å². The Kier molecular flexibility index (Phi) is 6.76. The molecule has 3 aliphatic rings. The molecule has 5 aromatic rings. The van der Waals surface area contributed by atoms with Crippen molar-refractivity contribution in [2.24, 2.45) is 7.05 Å². The molecule has 0 spiro atoms. The van der Waals surface area contributed by atoms with Crippen LogP contribution < -0.4 is 9.64 Å². The Morgan fingerprint density at radius 1 is 1.07 bits per heavy atom. The van der Waals surface area contributed by atoms with Crippen molar-refractivity contribution in [1.29, 1.82) is 0 Å². The third kappa shape index (κ3) is 4.45. The normalized spacial score (nSPS) is 21.8. The lowest BCUT2D eigenvalue weighted by Crippen LogP contribution is -2.43. The average molecular weight is 627 g/mol. The number of aryl methyl sites for hydroxylation is 1. The topological polar surface area (TPSA) is 79.5 Å². The molecule has 3 saturated heterocycles. The number of alkyl halides is 1. The van der Waals surface area contributed by atoms with Crippen LogP contribution in [0, 0.1) is 24.0 Å². The van der Waals surface area contributed by atoms with Crippen molar-refractivity contribution in [3.63, 3.8) is 0 Å². The van der Waals surface area contributed by atoms with Crippen LogP contribution in [0.4, 0.5) is 19.0 Å². The SMILES string of the molecule is C#Cc1c(F)ccc2cc(O)cc(-c3c(F)c4nc(OC[C@@]56CCCN5C[C@H](F)C6)nc(N5CCCCC5)c4c4cn(C)nc34)c12. The van der Waals surface area contributed by atoms with E-state index >= 15 is 8.78 Å². The summed E-state index contributed by atoms with van der Waals surface area (Å²) in [4.78, 5) is 13.8. The van der Waals surface area contributed by atoms with E-state index in [1.54, 1.807) is 17.9 Å². The maximum absolute atomic E-state index is 17.3. The van der Waals surface area contributed by atoms with Crippen LogP contribution >= 0.6 is 0 Å². The Labute approximate surface area is 263 Å². The number of hydrogen-bond donors (Lipinski definition) is 1. The van der Waals surface area contributed by atoms with E-state index in [1.807, 2.05) is 0 Å². The minimum Gasteiger partial charge on any atom is -0.508 e. The third-order valence-corrected chi connectivity index (χ3v) is 9.98. The molecule has 2 atom stereocenters. The second-order valence-electron chi connectivity index (χ2n) is 12.9. The highest BCUT2D eigenvalue weighted by molar-refractivity contribution is 6.18. The lowest BCUT2D eigenvalue weighted by molar-refractivity contribution is 0.107. The van der Waals surface area contributed by atoms with Gasteiger partial charge in [0, 0.05) is 55.6 Å².